The molecule has 0 bridgehead atoms. The molecule has 0 heterocycles. The number of rotatable bonds is 7. The zero-order valence-corrected chi connectivity index (χ0v) is 8.32. The van der Waals surface area contributed by atoms with Crippen LogP contribution in [0.5, 0.6) is 0 Å². The molecule has 5 heteroatoms. The summed E-state index contributed by atoms with van der Waals surface area (Å²) in [4.78, 5) is 20.5. The van der Waals surface area contributed by atoms with Crippen LogP contribution in [0.4, 0.5) is 0 Å². The number of nitrogens with zero attached hydrogens (tertiary/aromatic N) is 1. The average Bonchev–Trinajstić information content (AvgIpc) is 2.12. The van der Waals surface area contributed by atoms with Gasteiger partial charge in [-0.25, -0.2) is 0 Å². The molecule has 0 aromatic heterocycles. The summed E-state index contributed by atoms with van der Waals surface area (Å²) in [5, 5.41) is 10.1. The number of hydrogen-bond acceptors (Lipinski definition) is 4. The minimum absolute atomic E-state index is 0.00569. The van der Waals surface area contributed by atoms with Crippen molar-refractivity contribution in [3.8, 4) is 0 Å². The lowest BCUT2D eigenvalue weighted by atomic mass is 10.2. The first kappa shape index (κ1) is 12.6. The van der Waals surface area contributed by atoms with Crippen molar-refractivity contribution < 1.29 is 14.5 Å². The Hall–Kier alpha value is -1.39. The molecule has 0 aliphatic heterocycles. The highest BCUT2D eigenvalue weighted by Crippen LogP contribution is 2.07. The molecule has 0 rings (SSSR count). The van der Waals surface area contributed by atoms with Gasteiger partial charge in [-0.1, -0.05) is 0 Å². The number of allylic oxidation sites excluding steroid dienone is 1. The fraction of sp³-hybridized carbons (Fsp3) is 0.667. The molecule has 0 spiro atoms. The summed E-state index contributed by atoms with van der Waals surface area (Å²) in [5.41, 5.74) is -0.00569. The minimum atomic E-state index is -0.496. The summed E-state index contributed by atoms with van der Waals surface area (Å²) in [7, 11) is 0. The molecule has 0 saturated carbocycles. The average molecular weight is 201 g/mol. The van der Waals surface area contributed by atoms with E-state index in [0.29, 0.717) is 32.3 Å². The van der Waals surface area contributed by atoms with Gasteiger partial charge in [-0.15, -0.1) is 0 Å². The first-order chi connectivity index (χ1) is 6.57. The molecular weight excluding hydrogens is 186 g/mol. The first-order valence-electron chi connectivity index (χ1n) is 4.55. The van der Waals surface area contributed by atoms with E-state index in [1.807, 2.05) is 0 Å². The normalized spacial score (nSPS) is 9.50. The Morgan fingerprint density at radius 3 is 2.50 bits per heavy atom. The third-order valence-corrected chi connectivity index (χ3v) is 1.66. The fourth-order valence-corrected chi connectivity index (χ4v) is 0.923. The topological polar surface area (TPSA) is 69.4 Å². The molecule has 0 radical (unpaired) electrons. The van der Waals surface area contributed by atoms with E-state index in [2.05, 4.69) is 6.58 Å². The standard InChI is InChI=1S/C9H15NO4/c1-3-14-9(11)7-5-4-6-8(2)10(12)13/h2-7H2,1H3. The van der Waals surface area contributed by atoms with Crippen LogP contribution in [0.1, 0.15) is 32.6 Å². The van der Waals surface area contributed by atoms with Gasteiger partial charge in [-0.05, 0) is 26.3 Å². The molecule has 0 aliphatic carbocycles. The lowest BCUT2D eigenvalue weighted by Crippen LogP contribution is -2.03. The first-order valence-corrected chi connectivity index (χ1v) is 4.55. The van der Waals surface area contributed by atoms with Crippen LogP contribution >= 0.6 is 0 Å². The Bertz CT molecular complexity index is 225. The quantitative estimate of drug-likeness (QED) is 0.273. The predicted octanol–water partition coefficient (Wildman–Crippen LogP) is 1.90. The molecular formula is C9H15NO4. The highest BCUT2D eigenvalue weighted by Gasteiger charge is 2.07. The number of ether oxygens (including phenoxy) is 1. The summed E-state index contributed by atoms with van der Waals surface area (Å²) < 4.78 is 4.70. The maximum Gasteiger partial charge on any atom is 0.305 e. The van der Waals surface area contributed by atoms with Crippen molar-refractivity contribution in [2.45, 2.75) is 32.6 Å². The van der Waals surface area contributed by atoms with Crippen molar-refractivity contribution in [3.05, 3.63) is 22.4 Å². The van der Waals surface area contributed by atoms with Crippen LogP contribution in [0.25, 0.3) is 0 Å². The van der Waals surface area contributed by atoms with Crippen molar-refractivity contribution >= 4 is 5.97 Å². The summed E-state index contributed by atoms with van der Waals surface area (Å²) in [6, 6.07) is 0. The van der Waals surface area contributed by atoms with E-state index in [0.717, 1.165) is 0 Å². The molecule has 80 valence electrons. The highest BCUT2D eigenvalue weighted by atomic mass is 16.6. The van der Waals surface area contributed by atoms with Crippen molar-refractivity contribution in [3.63, 3.8) is 0 Å². The van der Waals surface area contributed by atoms with Gasteiger partial charge >= 0.3 is 5.97 Å². The Balaban J connectivity index is 3.42. The van der Waals surface area contributed by atoms with Gasteiger partial charge in [0.25, 0.3) is 0 Å². The van der Waals surface area contributed by atoms with Crippen molar-refractivity contribution in [2.24, 2.45) is 0 Å². The van der Waals surface area contributed by atoms with Gasteiger partial charge in [0.2, 0.25) is 5.70 Å². The maximum absolute atomic E-state index is 10.8. The Morgan fingerprint density at radius 1 is 1.43 bits per heavy atom. The van der Waals surface area contributed by atoms with Gasteiger partial charge in [-0.3, -0.25) is 14.9 Å². The Labute approximate surface area is 82.9 Å². The molecule has 5 nitrogen and oxygen atoms in total. The number of carbonyl (C=O) groups excluding carboxylic acids is 1. The number of nitro groups is 1. The zero-order chi connectivity index (χ0) is 11.0. The summed E-state index contributed by atoms with van der Waals surface area (Å²) in [6.45, 7) is 5.41. The van der Waals surface area contributed by atoms with E-state index in [9.17, 15) is 14.9 Å². The summed E-state index contributed by atoms with van der Waals surface area (Å²) >= 11 is 0. The van der Waals surface area contributed by atoms with E-state index in [1.54, 1.807) is 6.92 Å². The van der Waals surface area contributed by atoms with E-state index in [-0.39, 0.29) is 11.7 Å². The Morgan fingerprint density at radius 2 is 2.00 bits per heavy atom. The van der Waals surface area contributed by atoms with Crippen LogP contribution in [0.3, 0.4) is 0 Å². The smallest absolute Gasteiger partial charge is 0.305 e. The van der Waals surface area contributed by atoms with Crippen molar-refractivity contribution in [2.75, 3.05) is 6.61 Å². The van der Waals surface area contributed by atoms with Gasteiger partial charge in [0.05, 0.1) is 11.5 Å². The van der Waals surface area contributed by atoms with Crippen LogP contribution < -0.4 is 0 Å². The second kappa shape index (κ2) is 7.06. The van der Waals surface area contributed by atoms with Gasteiger partial charge in [0, 0.05) is 12.8 Å². The van der Waals surface area contributed by atoms with E-state index in [4.69, 9.17) is 4.74 Å². The summed E-state index contributed by atoms with van der Waals surface area (Å²) in [5.74, 6) is -0.251. The second-order valence-corrected chi connectivity index (χ2v) is 2.84. The predicted molar refractivity (Wildman–Crippen MR) is 51.2 cm³/mol. The van der Waals surface area contributed by atoms with Crippen LogP contribution in [0, 0.1) is 10.1 Å². The second-order valence-electron chi connectivity index (χ2n) is 2.84. The third-order valence-electron chi connectivity index (χ3n) is 1.66. The number of hydrogen-bond donors (Lipinski definition) is 0. The molecule has 0 aliphatic rings. The highest BCUT2D eigenvalue weighted by molar-refractivity contribution is 5.69. The van der Waals surface area contributed by atoms with Gasteiger partial charge in [0.1, 0.15) is 0 Å². The van der Waals surface area contributed by atoms with Crippen molar-refractivity contribution in [1.82, 2.24) is 0 Å². The molecule has 0 fully saturated rings. The fourth-order valence-electron chi connectivity index (χ4n) is 0.923. The van der Waals surface area contributed by atoms with Gasteiger partial charge in [-0.2, -0.15) is 0 Å². The monoisotopic (exact) mass is 201 g/mol. The number of carbonyl (C=O) groups is 1. The molecule has 0 saturated heterocycles. The lowest BCUT2D eigenvalue weighted by Gasteiger charge is -2.00. The van der Waals surface area contributed by atoms with Crippen LogP contribution in [0.2, 0.25) is 0 Å². The summed E-state index contributed by atoms with van der Waals surface area (Å²) in [6.07, 6.45) is 1.84. The molecule has 0 aromatic carbocycles. The Kier molecular flexibility index (Phi) is 6.36. The number of esters is 1. The van der Waals surface area contributed by atoms with Crippen LogP contribution in [-0.2, 0) is 9.53 Å². The third kappa shape index (κ3) is 6.16. The molecule has 0 N–H and O–H groups in total. The van der Waals surface area contributed by atoms with E-state index in [1.165, 1.54) is 0 Å². The van der Waals surface area contributed by atoms with Crippen LogP contribution in [-0.4, -0.2) is 17.5 Å². The molecule has 14 heavy (non-hydrogen) atoms. The van der Waals surface area contributed by atoms with E-state index >= 15 is 0 Å². The lowest BCUT2D eigenvalue weighted by molar-refractivity contribution is -0.427. The molecule has 0 atom stereocenters. The minimum Gasteiger partial charge on any atom is -0.466 e. The van der Waals surface area contributed by atoms with Gasteiger partial charge < -0.3 is 4.74 Å². The van der Waals surface area contributed by atoms with Crippen LogP contribution in [0.15, 0.2) is 12.3 Å². The molecule has 0 amide bonds. The van der Waals surface area contributed by atoms with E-state index < -0.39 is 4.92 Å². The number of unbranched alkanes of at least 4 members (excludes halogenated alkanes) is 1. The largest absolute Gasteiger partial charge is 0.466 e. The van der Waals surface area contributed by atoms with Crippen molar-refractivity contribution in [1.29, 1.82) is 0 Å². The van der Waals surface area contributed by atoms with Gasteiger partial charge in [0.15, 0.2) is 0 Å². The zero-order valence-electron chi connectivity index (χ0n) is 8.32. The maximum atomic E-state index is 10.8. The molecule has 0 aromatic rings. The SMILES string of the molecule is C=C(CCCCC(=O)OCC)[N+](=O)[O-]. The molecule has 0 unspecified atom stereocenters.